The first kappa shape index (κ1) is 11.0. The van der Waals surface area contributed by atoms with Gasteiger partial charge < -0.3 is 4.57 Å². The second-order valence-corrected chi connectivity index (χ2v) is 4.24. The number of rotatable bonds is 2. The van der Waals surface area contributed by atoms with Gasteiger partial charge in [0.05, 0.1) is 0 Å². The molecule has 3 heteroatoms. The van der Waals surface area contributed by atoms with Gasteiger partial charge in [0.1, 0.15) is 0 Å². The van der Waals surface area contributed by atoms with Crippen LogP contribution < -0.4 is 0 Å². The maximum atomic E-state index is 10.9. The molecular formula is C13H12ClNO. The van der Waals surface area contributed by atoms with E-state index in [0.29, 0.717) is 5.02 Å². The molecule has 0 radical (unpaired) electrons. The SMILES string of the molecule is CC(=O)/C=C/c1cn(C)c2ccc(Cl)cc12. The Balaban J connectivity index is 2.61. The fraction of sp³-hybridized carbons (Fsp3) is 0.154. The van der Waals surface area contributed by atoms with Gasteiger partial charge in [0.25, 0.3) is 0 Å². The number of carbonyl (C=O) groups is 1. The van der Waals surface area contributed by atoms with Gasteiger partial charge in [0.2, 0.25) is 0 Å². The standard InChI is InChI=1S/C13H12ClNO/c1-9(16)3-4-10-8-15(2)13-6-5-11(14)7-12(10)13/h3-8H,1-2H3/b4-3+. The maximum Gasteiger partial charge on any atom is 0.152 e. The monoisotopic (exact) mass is 233 g/mol. The first-order valence-electron chi connectivity index (χ1n) is 5.01. The minimum Gasteiger partial charge on any atom is -0.350 e. The van der Waals surface area contributed by atoms with Crippen molar-refractivity contribution in [3.05, 3.63) is 41.1 Å². The van der Waals surface area contributed by atoms with Crippen molar-refractivity contribution in [1.82, 2.24) is 4.57 Å². The largest absolute Gasteiger partial charge is 0.350 e. The van der Waals surface area contributed by atoms with Crippen LogP contribution in [0.4, 0.5) is 0 Å². The summed E-state index contributed by atoms with van der Waals surface area (Å²) in [5, 5.41) is 1.77. The minimum atomic E-state index is 0.0408. The van der Waals surface area contributed by atoms with Gasteiger partial charge >= 0.3 is 0 Å². The number of hydrogen-bond acceptors (Lipinski definition) is 1. The zero-order valence-corrected chi connectivity index (χ0v) is 9.95. The molecule has 0 fully saturated rings. The van der Waals surface area contributed by atoms with E-state index in [1.165, 1.54) is 6.92 Å². The summed E-state index contributed by atoms with van der Waals surface area (Å²) in [5.74, 6) is 0.0408. The van der Waals surface area contributed by atoms with Gasteiger partial charge in [-0.1, -0.05) is 11.6 Å². The van der Waals surface area contributed by atoms with Crippen LogP contribution in [0, 0.1) is 0 Å². The normalized spacial score (nSPS) is 11.4. The van der Waals surface area contributed by atoms with Crippen molar-refractivity contribution in [3.8, 4) is 0 Å². The van der Waals surface area contributed by atoms with Gasteiger partial charge in [-0.2, -0.15) is 0 Å². The Morgan fingerprint density at radius 1 is 1.44 bits per heavy atom. The smallest absolute Gasteiger partial charge is 0.152 e. The third kappa shape index (κ3) is 2.02. The molecule has 0 aliphatic rings. The van der Waals surface area contributed by atoms with E-state index < -0.39 is 0 Å². The van der Waals surface area contributed by atoms with Crippen molar-refractivity contribution in [1.29, 1.82) is 0 Å². The van der Waals surface area contributed by atoms with Crippen LogP contribution in [-0.4, -0.2) is 10.4 Å². The molecule has 82 valence electrons. The summed E-state index contributed by atoms with van der Waals surface area (Å²) in [6.07, 6.45) is 5.37. The maximum absolute atomic E-state index is 10.9. The Labute approximate surface area is 99.1 Å². The van der Waals surface area contributed by atoms with E-state index in [1.54, 1.807) is 6.08 Å². The van der Waals surface area contributed by atoms with Crippen LogP contribution in [0.1, 0.15) is 12.5 Å². The van der Waals surface area contributed by atoms with Crippen LogP contribution in [0.25, 0.3) is 17.0 Å². The highest BCUT2D eigenvalue weighted by molar-refractivity contribution is 6.31. The highest BCUT2D eigenvalue weighted by Gasteiger charge is 2.04. The molecule has 0 amide bonds. The number of halogens is 1. The number of benzene rings is 1. The Morgan fingerprint density at radius 3 is 2.88 bits per heavy atom. The average Bonchev–Trinajstić information content (AvgIpc) is 2.52. The molecule has 2 nitrogen and oxygen atoms in total. The van der Waals surface area contributed by atoms with Crippen molar-refractivity contribution in [2.24, 2.45) is 7.05 Å². The van der Waals surface area contributed by atoms with Gasteiger partial charge in [-0.15, -0.1) is 0 Å². The number of fused-ring (bicyclic) bond motifs is 1. The van der Waals surface area contributed by atoms with E-state index in [-0.39, 0.29) is 5.78 Å². The summed E-state index contributed by atoms with van der Waals surface area (Å²) < 4.78 is 2.02. The number of aromatic nitrogens is 1. The van der Waals surface area contributed by atoms with Gasteiger partial charge in [-0.25, -0.2) is 0 Å². The number of ketones is 1. The zero-order valence-electron chi connectivity index (χ0n) is 9.20. The zero-order chi connectivity index (χ0) is 11.7. The Kier molecular flexibility index (Phi) is 2.84. The molecule has 16 heavy (non-hydrogen) atoms. The van der Waals surface area contributed by atoms with E-state index in [2.05, 4.69) is 0 Å². The molecule has 0 aliphatic carbocycles. The molecule has 0 saturated heterocycles. The lowest BCUT2D eigenvalue weighted by atomic mass is 10.1. The third-order valence-electron chi connectivity index (χ3n) is 2.48. The van der Waals surface area contributed by atoms with Crippen molar-refractivity contribution in [2.75, 3.05) is 0 Å². The van der Waals surface area contributed by atoms with E-state index in [0.717, 1.165) is 16.5 Å². The summed E-state index contributed by atoms with van der Waals surface area (Å²) in [5.41, 5.74) is 2.11. The van der Waals surface area contributed by atoms with Crippen molar-refractivity contribution >= 4 is 34.4 Å². The molecule has 1 heterocycles. The lowest BCUT2D eigenvalue weighted by Crippen LogP contribution is -1.82. The van der Waals surface area contributed by atoms with Crippen molar-refractivity contribution < 1.29 is 4.79 Å². The molecule has 0 bridgehead atoms. The molecule has 0 saturated carbocycles. The fourth-order valence-corrected chi connectivity index (χ4v) is 1.91. The van der Waals surface area contributed by atoms with Gasteiger partial charge in [0.15, 0.2) is 5.78 Å². The third-order valence-corrected chi connectivity index (χ3v) is 2.72. The van der Waals surface area contributed by atoms with E-state index in [9.17, 15) is 4.79 Å². The first-order valence-corrected chi connectivity index (χ1v) is 5.39. The second kappa shape index (κ2) is 4.14. The molecule has 0 N–H and O–H groups in total. The Bertz CT molecular complexity index is 581. The van der Waals surface area contributed by atoms with Crippen LogP contribution in [0.3, 0.4) is 0 Å². The fourth-order valence-electron chi connectivity index (χ4n) is 1.73. The summed E-state index contributed by atoms with van der Waals surface area (Å²) in [7, 11) is 1.97. The number of hydrogen-bond donors (Lipinski definition) is 0. The van der Waals surface area contributed by atoms with Crippen LogP contribution in [0.2, 0.25) is 5.02 Å². The Hall–Kier alpha value is -1.54. The Morgan fingerprint density at radius 2 is 2.19 bits per heavy atom. The number of carbonyl (C=O) groups excluding carboxylic acids is 1. The molecule has 2 rings (SSSR count). The van der Waals surface area contributed by atoms with Gasteiger partial charge in [-0.05, 0) is 37.3 Å². The van der Waals surface area contributed by atoms with Crippen molar-refractivity contribution in [3.63, 3.8) is 0 Å². The summed E-state index contributed by atoms with van der Waals surface area (Å²) in [4.78, 5) is 10.9. The van der Waals surface area contributed by atoms with Gasteiger partial charge in [-0.3, -0.25) is 4.79 Å². The molecule has 0 aliphatic heterocycles. The lowest BCUT2D eigenvalue weighted by molar-refractivity contribution is -0.112. The van der Waals surface area contributed by atoms with E-state index in [1.807, 2.05) is 42.1 Å². The summed E-state index contributed by atoms with van der Waals surface area (Å²) in [6, 6.07) is 5.75. The quantitative estimate of drug-likeness (QED) is 0.729. The van der Waals surface area contributed by atoms with Gasteiger partial charge in [0, 0.05) is 34.7 Å². The first-order chi connectivity index (χ1) is 7.58. The molecule has 2 aromatic rings. The van der Waals surface area contributed by atoms with Crippen molar-refractivity contribution in [2.45, 2.75) is 6.92 Å². The van der Waals surface area contributed by atoms with Crippen LogP contribution in [-0.2, 0) is 11.8 Å². The summed E-state index contributed by atoms with van der Waals surface area (Å²) in [6.45, 7) is 1.54. The molecular weight excluding hydrogens is 222 g/mol. The molecule has 1 aromatic heterocycles. The number of allylic oxidation sites excluding steroid dienone is 1. The predicted octanol–water partition coefficient (Wildman–Crippen LogP) is 3.43. The van der Waals surface area contributed by atoms with E-state index >= 15 is 0 Å². The number of nitrogens with zero attached hydrogens (tertiary/aromatic N) is 1. The predicted molar refractivity (Wildman–Crippen MR) is 67.6 cm³/mol. The molecule has 0 unspecified atom stereocenters. The molecule has 0 atom stereocenters. The van der Waals surface area contributed by atoms with Crippen LogP contribution in [0.15, 0.2) is 30.5 Å². The molecule has 0 spiro atoms. The highest BCUT2D eigenvalue weighted by atomic mass is 35.5. The van der Waals surface area contributed by atoms with Crippen LogP contribution in [0.5, 0.6) is 0 Å². The lowest BCUT2D eigenvalue weighted by Gasteiger charge is -1.95. The van der Waals surface area contributed by atoms with Crippen LogP contribution >= 0.6 is 11.6 Å². The minimum absolute atomic E-state index is 0.0408. The summed E-state index contributed by atoms with van der Waals surface area (Å²) >= 11 is 5.96. The van der Waals surface area contributed by atoms with E-state index in [4.69, 9.17) is 11.6 Å². The topological polar surface area (TPSA) is 22.0 Å². The average molecular weight is 234 g/mol. The highest BCUT2D eigenvalue weighted by Crippen LogP contribution is 2.25. The molecule has 1 aromatic carbocycles. The number of aryl methyl sites for hydroxylation is 1. The second-order valence-electron chi connectivity index (χ2n) is 3.80.